The molecule has 0 saturated carbocycles. The first kappa shape index (κ1) is 18.7. The number of ether oxygens (including phenoxy) is 2. The zero-order valence-electron chi connectivity index (χ0n) is 15.4. The van der Waals surface area contributed by atoms with Gasteiger partial charge in [0.15, 0.2) is 17.3 Å². The van der Waals surface area contributed by atoms with E-state index in [1.807, 2.05) is 60.7 Å². The third-order valence-corrected chi connectivity index (χ3v) is 4.08. The Morgan fingerprint density at radius 1 is 0.778 bits per heavy atom. The van der Waals surface area contributed by atoms with Crippen LogP contribution in [0.3, 0.4) is 0 Å². The molecule has 0 aliphatic carbocycles. The fourth-order valence-corrected chi connectivity index (χ4v) is 2.65. The van der Waals surface area contributed by atoms with Gasteiger partial charge in [-0.25, -0.2) is 0 Å². The quantitative estimate of drug-likeness (QED) is 0.579. The number of nitrogens with one attached hydrogen (secondary N) is 1. The summed E-state index contributed by atoms with van der Waals surface area (Å²) in [6, 6.07) is 25.2. The summed E-state index contributed by atoms with van der Waals surface area (Å²) < 4.78 is 11.9. The molecule has 27 heavy (non-hydrogen) atoms. The SMILES string of the molecule is CNCC(=O)c1ccc(OCc2ccccc2)c(OCc2ccccc2)c1. The molecule has 0 fully saturated rings. The minimum atomic E-state index is 0.0108. The van der Waals surface area contributed by atoms with Crippen molar-refractivity contribution in [1.29, 1.82) is 0 Å². The Bertz CT molecular complexity index is 863. The molecular formula is C23H23NO3. The third kappa shape index (κ3) is 5.43. The zero-order chi connectivity index (χ0) is 18.9. The molecule has 0 unspecified atom stereocenters. The van der Waals surface area contributed by atoms with Gasteiger partial charge in [-0.15, -0.1) is 0 Å². The lowest BCUT2D eigenvalue weighted by Gasteiger charge is -2.14. The minimum absolute atomic E-state index is 0.0108. The Morgan fingerprint density at radius 2 is 1.33 bits per heavy atom. The first-order valence-corrected chi connectivity index (χ1v) is 8.91. The Morgan fingerprint density at radius 3 is 1.89 bits per heavy atom. The second kappa shape index (κ2) is 9.55. The molecule has 0 bridgehead atoms. The van der Waals surface area contributed by atoms with Gasteiger partial charge in [-0.05, 0) is 36.4 Å². The van der Waals surface area contributed by atoms with Gasteiger partial charge in [-0.3, -0.25) is 4.79 Å². The summed E-state index contributed by atoms with van der Waals surface area (Å²) in [4.78, 5) is 12.2. The van der Waals surface area contributed by atoms with Gasteiger partial charge >= 0.3 is 0 Å². The highest BCUT2D eigenvalue weighted by Crippen LogP contribution is 2.30. The number of hydrogen-bond donors (Lipinski definition) is 1. The minimum Gasteiger partial charge on any atom is -0.485 e. The molecule has 0 saturated heterocycles. The predicted molar refractivity (Wildman–Crippen MR) is 106 cm³/mol. The van der Waals surface area contributed by atoms with Gasteiger partial charge in [0.1, 0.15) is 13.2 Å². The van der Waals surface area contributed by atoms with E-state index in [0.29, 0.717) is 30.3 Å². The van der Waals surface area contributed by atoms with Crippen molar-refractivity contribution in [3.8, 4) is 11.5 Å². The molecule has 0 atom stereocenters. The molecule has 138 valence electrons. The summed E-state index contributed by atoms with van der Waals surface area (Å²) in [5, 5.41) is 2.88. The molecule has 0 radical (unpaired) electrons. The van der Waals surface area contributed by atoms with Crippen LogP contribution in [0.2, 0.25) is 0 Å². The van der Waals surface area contributed by atoms with Crippen LogP contribution in [-0.4, -0.2) is 19.4 Å². The van der Waals surface area contributed by atoms with E-state index in [1.54, 1.807) is 25.2 Å². The summed E-state index contributed by atoms with van der Waals surface area (Å²) >= 11 is 0. The standard InChI is InChI=1S/C23H23NO3/c1-24-15-21(25)20-12-13-22(26-16-18-8-4-2-5-9-18)23(14-20)27-17-19-10-6-3-7-11-19/h2-14,24H,15-17H2,1H3. The number of rotatable bonds is 9. The summed E-state index contributed by atoms with van der Waals surface area (Å²) in [7, 11) is 1.75. The second-order valence-corrected chi connectivity index (χ2v) is 6.16. The van der Waals surface area contributed by atoms with Crippen LogP contribution in [0, 0.1) is 0 Å². The maximum absolute atomic E-state index is 12.2. The van der Waals surface area contributed by atoms with E-state index < -0.39 is 0 Å². The number of benzene rings is 3. The summed E-state index contributed by atoms with van der Waals surface area (Å²) in [5.74, 6) is 1.20. The Balaban J connectivity index is 1.78. The van der Waals surface area contributed by atoms with Crippen LogP contribution in [0.4, 0.5) is 0 Å². The monoisotopic (exact) mass is 361 g/mol. The van der Waals surface area contributed by atoms with Crippen molar-refractivity contribution in [1.82, 2.24) is 5.32 Å². The fraction of sp³-hybridized carbons (Fsp3) is 0.174. The topological polar surface area (TPSA) is 47.6 Å². The fourth-order valence-electron chi connectivity index (χ4n) is 2.65. The van der Waals surface area contributed by atoms with Gasteiger partial charge < -0.3 is 14.8 Å². The molecule has 3 aromatic carbocycles. The Kier molecular flexibility index (Phi) is 6.61. The number of carbonyl (C=O) groups is 1. The van der Waals surface area contributed by atoms with E-state index in [0.717, 1.165) is 11.1 Å². The van der Waals surface area contributed by atoms with Crippen molar-refractivity contribution in [3.05, 3.63) is 95.6 Å². The largest absolute Gasteiger partial charge is 0.485 e. The van der Waals surface area contributed by atoms with E-state index in [9.17, 15) is 4.79 Å². The van der Waals surface area contributed by atoms with Crippen LogP contribution in [-0.2, 0) is 13.2 Å². The Labute approximate surface area is 159 Å². The van der Waals surface area contributed by atoms with Crippen LogP contribution in [0.15, 0.2) is 78.9 Å². The zero-order valence-corrected chi connectivity index (χ0v) is 15.4. The van der Waals surface area contributed by atoms with Crippen molar-refractivity contribution < 1.29 is 14.3 Å². The highest BCUT2D eigenvalue weighted by molar-refractivity contribution is 5.98. The average Bonchev–Trinajstić information content (AvgIpc) is 2.72. The molecular weight excluding hydrogens is 338 g/mol. The maximum Gasteiger partial charge on any atom is 0.176 e. The lowest BCUT2D eigenvalue weighted by atomic mass is 10.1. The molecule has 0 heterocycles. The lowest BCUT2D eigenvalue weighted by Crippen LogP contribution is -2.18. The van der Waals surface area contributed by atoms with E-state index in [4.69, 9.17) is 9.47 Å². The molecule has 3 rings (SSSR count). The number of likely N-dealkylation sites (N-methyl/N-ethyl adjacent to an activating group) is 1. The van der Waals surface area contributed by atoms with Crippen molar-refractivity contribution in [2.75, 3.05) is 13.6 Å². The smallest absolute Gasteiger partial charge is 0.176 e. The van der Waals surface area contributed by atoms with Crippen molar-refractivity contribution in [2.45, 2.75) is 13.2 Å². The van der Waals surface area contributed by atoms with Crippen LogP contribution in [0.5, 0.6) is 11.5 Å². The maximum atomic E-state index is 12.2. The normalized spacial score (nSPS) is 10.4. The van der Waals surface area contributed by atoms with Gasteiger partial charge in [0.05, 0.1) is 6.54 Å². The van der Waals surface area contributed by atoms with Crippen molar-refractivity contribution in [2.24, 2.45) is 0 Å². The number of ketones is 1. The Hall–Kier alpha value is -3.11. The van der Waals surface area contributed by atoms with Gasteiger partial charge in [0.25, 0.3) is 0 Å². The molecule has 4 heteroatoms. The lowest BCUT2D eigenvalue weighted by molar-refractivity contribution is 0.0993. The molecule has 4 nitrogen and oxygen atoms in total. The summed E-state index contributed by atoms with van der Waals surface area (Å²) in [6.45, 7) is 1.13. The van der Waals surface area contributed by atoms with Crippen LogP contribution in [0.25, 0.3) is 0 Å². The molecule has 0 amide bonds. The number of carbonyl (C=O) groups excluding carboxylic acids is 1. The van der Waals surface area contributed by atoms with E-state index in [1.165, 1.54) is 0 Å². The van der Waals surface area contributed by atoms with Gasteiger partial charge in [0, 0.05) is 5.56 Å². The summed E-state index contributed by atoms with van der Waals surface area (Å²) in [6.07, 6.45) is 0. The third-order valence-electron chi connectivity index (χ3n) is 4.08. The first-order chi connectivity index (χ1) is 13.3. The van der Waals surface area contributed by atoms with E-state index in [-0.39, 0.29) is 12.3 Å². The molecule has 3 aromatic rings. The van der Waals surface area contributed by atoms with E-state index in [2.05, 4.69) is 5.32 Å². The molecule has 0 aromatic heterocycles. The van der Waals surface area contributed by atoms with Gasteiger partial charge in [-0.1, -0.05) is 60.7 Å². The van der Waals surface area contributed by atoms with Crippen LogP contribution in [0.1, 0.15) is 21.5 Å². The van der Waals surface area contributed by atoms with Crippen molar-refractivity contribution >= 4 is 5.78 Å². The molecule has 1 N–H and O–H groups in total. The van der Waals surface area contributed by atoms with Crippen molar-refractivity contribution in [3.63, 3.8) is 0 Å². The highest BCUT2D eigenvalue weighted by atomic mass is 16.5. The average molecular weight is 361 g/mol. The number of hydrogen-bond acceptors (Lipinski definition) is 4. The highest BCUT2D eigenvalue weighted by Gasteiger charge is 2.12. The predicted octanol–water partition coefficient (Wildman–Crippen LogP) is 4.25. The van der Waals surface area contributed by atoms with Crippen LogP contribution >= 0.6 is 0 Å². The molecule has 0 aliphatic rings. The number of Topliss-reactive ketones (excluding diaryl/α,β-unsaturated/α-hetero) is 1. The molecule has 0 aliphatic heterocycles. The molecule has 0 spiro atoms. The van der Waals surface area contributed by atoms with E-state index >= 15 is 0 Å². The second-order valence-electron chi connectivity index (χ2n) is 6.16. The first-order valence-electron chi connectivity index (χ1n) is 8.91. The summed E-state index contributed by atoms with van der Waals surface area (Å²) in [5.41, 5.74) is 2.72. The van der Waals surface area contributed by atoms with Gasteiger partial charge in [-0.2, -0.15) is 0 Å². The van der Waals surface area contributed by atoms with Crippen LogP contribution < -0.4 is 14.8 Å². The van der Waals surface area contributed by atoms with Gasteiger partial charge in [0.2, 0.25) is 0 Å².